The molecule has 0 aliphatic heterocycles. The molecule has 0 aliphatic rings. The molecule has 0 rings (SSSR count). The Kier molecular flexibility index (Phi) is 12.2. The number of aliphatic hydroxyl groups excluding tert-OH is 1. The van der Waals surface area contributed by atoms with E-state index < -0.39 is 6.41 Å². The van der Waals surface area contributed by atoms with Gasteiger partial charge in [-0.15, -0.1) is 5.06 Å². The van der Waals surface area contributed by atoms with Crippen molar-refractivity contribution in [2.45, 2.75) is 124 Å². The smallest absolute Gasteiger partial charge is 0.238 e. The van der Waals surface area contributed by atoms with Gasteiger partial charge in [0.2, 0.25) is 6.41 Å². The Morgan fingerprint density at radius 2 is 1.29 bits per heavy atom. The highest BCUT2D eigenvalue weighted by Crippen LogP contribution is 2.22. The van der Waals surface area contributed by atoms with Gasteiger partial charge in [-0.1, -0.05) is 59.3 Å². The van der Waals surface area contributed by atoms with E-state index >= 15 is 0 Å². The molecule has 4 heteroatoms. The van der Waals surface area contributed by atoms with Crippen LogP contribution in [-0.4, -0.2) is 34.3 Å². The molecule has 0 amide bonds. The number of hydroxylamine groups is 2. The quantitative estimate of drug-likeness (QED) is 0.237. The summed E-state index contributed by atoms with van der Waals surface area (Å²) in [6.45, 7) is 15.2. The lowest BCUT2D eigenvalue weighted by molar-refractivity contribution is -0.374. The lowest BCUT2D eigenvalue weighted by atomic mass is 10.1. The molecule has 0 bridgehead atoms. The second-order valence-electron chi connectivity index (χ2n) is 8.02. The molecule has 0 spiro atoms. The Labute approximate surface area is 150 Å². The zero-order chi connectivity index (χ0) is 18.6. The summed E-state index contributed by atoms with van der Waals surface area (Å²) < 4.78 is 5.81. The Hall–Kier alpha value is -0.160. The molecule has 0 fully saturated rings. The van der Waals surface area contributed by atoms with Gasteiger partial charge in [0.15, 0.2) is 0 Å². The van der Waals surface area contributed by atoms with Crippen LogP contribution in [0.15, 0.2) is 0 Å². The first-order chi connectivity index (χ1) is 11.2. The second-order valence-corrected chi connectivity index (χ2v) is 8.02. The fraction of sp³-hybridized carbons (Fsp3) is 1.00. The van der Waals surface area contributed by atoms with Gasteiger partial charge in [0.25, 0.3) is 0 Å². The molecule has 0 aromatic rings. The summed E-state index contributed by atoms with van der Waals surface area (Å²) >= 11 is 0. The van der Waals surface area contributed by atoms with Gasteiger partial charge in [-0.05, 0) is 47.0 Å². The van der Waals surface area contributed by atoms with E-state index in [0.29, 0.717) is 6.54 Å². The van der Waals surface area contributed by atoms with E-state index in [1.165, 1.54) is 38.5 Å². The molecule has 0 radical (unpaired) electrons. The van der Waals surface area contributed by atoms with Gasteiger partial charge < -0.3 is 9.84 Å². The Morgan fingerprint density at radius 1 is 0.792 bits per heavy atom. The average molecular weight is 346 g/mol. The zero-order valence-corrected chi connectivity index (χ0v) is 17.4. The van der Waals surface area contributed by atoms with Crippen LogP contribution in [0.25, 0.3) is 0 Å². The summed E-state index contributed by atoms with van der Waals surface area (Å²) in [5.74, 6) is 0. The van der Waals surface area contributed by atoms with Crippen molar-refractivity contribution in [3.05, 3.63) is 0 Å². The van der Waals surface area contributed by atoms with Gasteiger partial charge in [0.1, 0.15) is 0 Å². The predicted octanol–water partition coefficient (Wildman–Crippen LogP) is 5.64. The van der Waals surface area contributed by atoms with E-state index in [1.807, 2.05) is 27.7 Å². The van der Waals surface area contributed by atoms with Crippen molar-refractivity contribution >= 4 is 0 Å². The summed E-state index contributed by atoms with van der Waals surface area (Å²) in [4.78, 5) is 6.04. The van der Waals surface area contributed by atoms with E-state index in [-0.39, 0.29) is 11.2 Å². The predicted molar refractivity (Wildman–Crippen MR) is 102 cm³/mol. The number of hydrogen-bond acceptors (Lipinski definition) is 4. The molecular formula is C20H43NO3. The van der Waals surface area contributed by atoms with Crippen molar-refractivity contribution in [2.75, 3.05) is 6.54 Å². The maximum absolute atomic E-state index is 10.5. The molecule has 0 aromatic heterocycles. The third-order valence-electron chi connectivity index (χ3n) is 4.72. The number of unbranched alkanes of at least 4 members (excludes halogenated alkanes) is 6. The summed E-state index contributed by atoms with van der Waals surface area (Å²) in [5, 5.41) is 12.1. The largest absolute Gasteiger partial charge is 0.354 e. The van der Waals surface area contributed by atoms with Gasteiger partial charge in [0, 0.05) is 6.54 Å². The SMILES string of the molecule is CCCCCCCCCN(OC(C)(C)CC)[C@H](O)OC(C)(C)CC. The molecule has 0 saturated carbocycles. The van der Waals surface area contributed by atoms with Crippen molar-refractivity contribution in [1.29, 1.82) is 0 Å². The lowest BCUT2D eigenvalue weighted by Gasteiger charge is -2.37. The van der Waals surface area contributed by atoms with Crippen LogP contribution in [0, 0.1) is 0 Å². The molecule has 1 atom stereocenters. The lowest BCUT2D eigenvalue weighted by Crippen LogP contribution is -2.47. The van der Waals surface area contributed by atoms with Crippen molar-refractivity contribution in [2.24, 2.45) is 0 Å². The Balaban J connectivity index is 4.43. The summed E-state index contributed by atoms with van der Waals surface area (Å²) in [7, 11) is 0. The van der Waals surface area contributed by atoms with Crippen molar-refractivity contribution in [3.63, 3.8) is 0 Å². The monoisotopic (exact) mass is 345 g/mol. The minimum Gasteiger partial charge on any atom is -0.354 e. The minimum absolute atomic E-state index is 0.304. The Morgan fingerprint density at radius 3 is 1.79 bits per heavy atom. The molecule has 0 unspecified atom stereocenters. The minimum atomic E-state index is -1.02. The molecule has 146 valence electrons. The average Bonchev–Trinajstić information content (AvgIpc) is 2.52. The van der Waals surface area contributed by atoms with Crippen LogP contribution >= 0.6 is 0 Å². The van der Waals surface area contributed by atoms with E-state index in [9.17, 15) is 5.11 Å². The second kappa shape index (κ2) is 12.2. The zero-order valence-electron chi connectivity index (χ0n) is 17.4. The van der Waals surface area contributed by atoms with Gasteiger partial charge in [-0.2, -0.15) is 0 Å². The van der Waals surface area contributed by atoms with Crippen LogP contribution in [0.4, 0.5) is 0 Å². The first kappa shape index (κ1) is 23.8. The highest BCUT2D eigenvalue weighted by molar-refractivity contribution is 4.68. The van der Waals surface area contributed by atoms with Gasteiger partial charge in [-0.3, -0.25) is 4.84 Å². The normalized spacial score (nSPS) is 14.4. The third kappa shape index (κ3) is 11.4. The molecule has 24 heavy (non-hydrogen) atoms. The summed E-state index contributed by atoms with van der Waals surface area (Å²) in [6, 6.07) is 0. The van der Waals surface area contributed by atoms with E-state index in [1.54, 1.807) is 5.06 Å². The highest BCUT2D eigenvalue weighted by Gasteiger charge is 2.29. The van der Waals surface area contributed by atoms with Crippen molar-refractivity contribution in [3.8, 4) is 0 Å². The molecule has 4 nitrogen and oxygen atoms in total. The fourth-order valence-electron chi connectivity index (χ4n) is 2.24. The van der Waals surface area contributed by atoms with Crippen LogP contribution in [0.3, 0.4) is 0 Å². The molecule has 0 aromatic carbocycles. The summed E-state index contributed by atoms with van der Waals surface area (Å²) in [5.41, 5.74) is -0.667. The molecule has 0 saturated heterocycles. The number of nitrogens with zero attached hydrogens (tertiary/aromatic N) is 1. The van der Waals surface area contributed by atoms with E-state index in [0.717, 1.165) is 19.3 Å². The third-order valence-corrected chi connectivity index (χ3v) is 4.72. The van der Waals surface area contributed by atoms with Crippen molar-refractivity contribution < 1.29 is 14.7 Å². The number of aliphatic hydroxyl groups is 1. The van der Waals surface area contributed by atoms with Crippen molar-refractivity contribution in [1.82, 2.24) is 5.06 Å². The van der Waals surface area contributed by atoms with Gasteiger partial charge >= 0.3 is 0 Å². The maximum atomic E-state index is 10.5. The Bertz CT molecular complexity index is 305. The number of ether oxygens (including phenoxy) is 1. The molecular weight excluding hydrogens is 302 g/mol. The van der Waals surface area contributed by atoms with Gasteiger partial charge in [0.05, 0.1) is 11.2 Å². The topological polar surface area (TPSA) is 41.9 Å². The van der Waals surface area contributed by atoms with Crippen LogP contribution in [0.5, 0.6) is 0 Å². The molecule has 1 N–H and O–H groups in total. The van der Waals surface area contributed by atoms with Crippen LogP contribution in [0.2, 0.25) is 0 Å². The summed E-state index contributed by atoms with van der Waals surface area (Å²) in [6.07, 6.45) is 9.37. The molecule has 0 aliphatic carbocycles. The van der Waals surface area contributed by atoms with Gasteiger partial charge in [-0.25, -0.2) is 0 Å². The first-order valence-corrected chi connectivity index (χ1v) is 9.99. The first-order valence-electron chi connectivity index (χ1n) is 9.99. The molecule has 0 heterocycles. The fourth-order valence-corrected chi connectivity index (χ4v) is 2.24. The standard InChI is InChI=1S/C20H43NO3/c1-8-11-12-13-14-15-16-17-21(24-20(6,7)10-3)18(22)23-19(4,5)9-2/h18,22H,8-17H2,1-7H3/t18-/m1/s1. The van der Waals surface area contributed by atoms with E-state index in [2.05, 4.69) is 20.8 Å². The van der Waals surface area contributed by atoms with Crippen LogP contribution in [0.1, 0.15) is 106 Å². The number of hydrogen-bond donors (Lipinski definition) is 1. The van der Waals surface area contributed by atoms with Crippen LogP contribution in [-0.2, 0) is 9.57 Å². The number of rotatable bonds is 15. The van der Waals surface area contributed by atoms with E-state index in [4.69, 9.17) is 9.57 Å². The van der Waals surface area contributed by atoms with Crippen LogP contribution < -0.4 is 0 Å². The maximum Gasteiger partial charge on any atom is 0.238 e. The highest BCUT2D eigenvalue weighted by atomic mass is 16.8.